The maximum atomic E-state index is 12.1. The lowest BCUT2D eigenvalue weighted by molar-refractivity contribution is -0.116. The van der Waals surface area contributed by atoms with Crippen LogP contribution in [0.2, 0.25) is 0 Å². The highest BCUT2D eigenvalue weighted by Crippen LogP contribution is 2.16. The minimum absolute atomic E-state index is 0.00986. The van der Waals surface area contributed by atoms with Gasteiger partial charge in [0.05, 0.1) is 11.7 Å². The maximum Gasteiger partial charge on any atom is 0.226 e. The van der Waals surface area contributed by atoms with Crippen LogP contribution in [0, 0.1) is 20.8 Å². The van der Waals surface area contributed by atoms with E-state index in [2.05, 4.69) is 16.5 Å². The van der Waals surface area contributed by atoms with Crippen LogP contribution in [0.3, 0.4) is 0 Å². The van der Waals surface area contributed by atoms with Gasteiger partial charge in [-0.15, -0.1) is 0 Å². The van der Waals surface area contributed by atoms with Crippen LogP contribution < -0.4 is 5.32 Å². The summed E-state index contributed by atoms with van der Waals surface area (Å²) in [6.07, 6.45) is 2.32. The minimum atomic E-state index is 0.00986. The summed E-state index contributed by atoms with van der Waals surface area (Å²) in [5, 5.41) is 7.29. The second-order valence-corrected chi connectivity index (χ2v) is 5.41. The number of aryl methyl sites for hydroxylation is 3. The summed E-state index contributed by atoms with van der Waals surface area (Å²) in [4.78, 5) is 12.1. The number of nitrogens with one attached hydrogen (secondary N) is 1. The predicted molar refractivity (Wildman–Crippen MR) is 80.8 cm³/mol. The molecule has 1 aromatic carbocycles. The summed E-state index contributed by atoms with van der Waals surface area (Å²) in [5.74, 6) is 0.00986. The third-order valence-electron chi connectivity index (χ3n) is 3.18. The van der Waals surface area contributed by atoms with Gasteiger partial charge in [0, 0.05) is 18.3 Å². The van der Waals surface area contributed by atoms with Crippen LogP contribution in [0.15, 0.2) is 30.5 Å². The molecule has 1 aromatic heterocycles. The number of rotatable bonds is 4. The van der Waals surface area contributed by atoms with Gasteiger partial charge in [0.25, 0.3) is 0 Å². The number of carbonyl (C=O) groups excluding carboxylic acids is 1. The van der Waals surface area contributed by atoms with E-state index < -0.39 is 0 Å². The van der Waals surface area contributed by atoms with Crippen LogP contribution in [0.5, 0.6) is 0 Å². The Bertz CT molecular complexity index is 596. The summed E-state index contributed by atoms with van der Waals surface area (Å²) in [6.45, 7) is 7.99. The summed E-state index contributed by atoms with van der Waals surface area (Å²) >= 11 is 0. The first-order valence-electron chi connectivity index (χ1n) is 6.84. The lowest BCUT2D eigenvalue weighted by Crippen LogP contribution is -2.18. The first-order valence-corrected chi connectivity index (χ1v) is 6.84. The molecule has 2 rings (SSSR count). The Hall–Kier alpha value is -2.10. The monoisotopic (exact) mass is 271 g/mol. The number of amides is 1. The fourth-order valence-corrected chi connectivity index (χ4v) is 2.30. The van der Waals surface area contributed by atoms with Crippen molar-refractivity contribution in [3.63, 3.8) is 0 Å². The largest absolute Gasteiger partial charge is 0.326 e. The van der Waals surface area contributed by atoms with Gasteiger partial charge < -0.3 is 5.32 Å². The zero-order valence-electron chi connectivity index (χ0n) is 12.5. The van der Waals surface area contributed by atoms with Crippen LogP contribution in [0.1, 0.15) is 36.2 Å². The third kappa shape index (κ3) is 3.70. The average Bonchev–Trinajstić information content (AvgIpc) is 2.74. The molecule has 1 amide bonds. The third-order valence-corrected chi connectivity index (χ3v) is 3.18. The van der Waals surface area contributed by atoms with E-state index in [1.807, 2.05) is 56.8 Å². The van der Waals surface area contributed by atoms with Gasteiger partial charge in [-0.3, -0.25) is 9.48 Å². The Morgan fingerprint density at radius 3 is 2.45 bits per heavy atom. The Balaban J connectivity index is 1.98. The minimum Gasteiger partial charge on any atom is -0.326 e. The smallest absolute Gasteiger partial charge is 0.226 e. The molecule has 0 saturated carbocycles. The van der Waals surface area contributed by atoms with Gasteiger partial charge in [-0.05, 0) is 57.0 Å². The Morgan fingerprint density at radius 1 is 1.25 bits per heavy atom. The van der Waals surface area contributed by atoms with Crippen molar-refractivity contribution in [2.45, 2.75) is 40.2 Å². The normalized spacial score (nSPS) is 12.2. The zero-order chi connectivity index (χ0) is 14.7. The molecule has 1 heterocycles. The number of aromatic nitrogens is 2. The van der Waals surface area contributed by atoms with Crippen molar-refractivity contribution < 1.29 is 4.79 Å². The van der Waals surface area contributed by atoms with Crippen molar-refractivity contribution in [1.29, 1.82) is 0 Å². The standard InChI is InChI=1S/C16H21N3O/c1-11-7-12(2)9-15(8-11)17-16(20)10-14(4)19-6-5-13(3)18-19/h5-9,14H,10H2,1-4H3,(H,17,20)/t14-/m0/s1. The second kappa shape index (κ2) is 5.90. The van der Waals surface area contributed by atoms with Crippen molar-refractivity contribution in [3.8, 4) is 0 Å². The van der Waals surface area contributed by atoms with E-state index in [-0.39, 0.29) is 11.9 Å². The topological polar surface area (TPSA) is 46.9 Å². The first kappa shape index (κ1) is 14.3. The molecule has 0 fully saturated rings. The van der Waals surface area contributed by atoms with Crippen molar-refractivity contribution in [2.24, 2.45) is 0 Å². The van der Waals surface area contributed by atoms with Gasteiger partial charge in [-0.25, -0.2) is 0 Å². The fraction of sp³-hybridized carbons (Fsp3) is 0.375. The van der Waals surface area contributed by atoms with Crippen molar-refractivity contribution in [3.05, 3.63) is 47.3 Å². The number of carbonyl (C=O) groups is 1. The summed E-state index contributed by atoms with van der Waals surface area (Å²) < 4.78 is 1.83. The number of benzene rings is 1. The van der Waals surface area contributed by atoms with Crippen molar-refractivity contribution in [1.82, 2.24) is 9.78 Å². The van der Waals surface area contributed by atoms with E-state index in [4.69, 9.17) is 0 Å². The average molecular weight is 271 g/mol. The van der Waals surface area contributed by atoms with Gasteiger partial charge in [0.1, 0.15) is 0 Å². The molecular formula is C16H21N3O. The molecule has 1 N–H and O–H groups in total. The molecular weight excluding hydrogens is 250 g/mol. The number of hydrogen-bond acceptors (Lipinski definition) is 2. The lowest BCUT2D eigenvalue weighted by atomic mass is 10.1. The van der Waals surface area contributed by atoms with Gasteiger partial charge in [0.2, 0.25) is 5.91 Å². The highest BCUT2D eigenvalue weighted by molar-refractivity contribution is 5.91. The van der Waals surface area contributed by atoms with Crippen LogP contribution in [0.25, 0.3) is 0 Å². The summed E-state index contributed by atoms with van der Waals surface area (Å²) in [5.41, 5.74) is 4.12. The number of hydrogen-bond donors (Lipinski definition) is 1. The first-order chi connectivity index (χ1) is 9.44. The van der Waals surface area contributed by atoms with Crippen LogP contribution in [-0.2, 0) is 4.79 Å². The Kier molecular flexibility index (Phi) is 4.23. The molecule has 0 unspecified atom stereocenters. The maximum absolute atomic E-state index is 12.1. The van der Waals surface area contributed by atoms with E-state index in [0.717, 1.165) is 22.5 Å². The van der Waals surface area contributed by atoms with E-state index in [9.17, 15) is 4.79 Å². The molecule has 0 radical (unpaired) electrons. The van der Waals surface area contributed by atoms with Gasteiger partial charge in [0.15, 0.2) is 0 Å². The Morgan fingerprint density at radius 2 is 1.90 bits per heavy atom. The Labute approximate surface area is 119 Å². The molecule has 0 spiro atoms. The van der Waals surface area contributed by atoms with Crippen molar-refractivity contribution in [2.75, 3.05) is 5.32 Å². The van der Waals surface area contributed by atoms with Crippen LogP contribution in [0.4, 0.5) is 5.69 Å². The number of anilines is 1. The van der Waals surface area contributed by atoms with Gasteiger partial charge >= 0.3 is 0 Å². The molecule has 4 nitrogen and oxygen atoms in total. The van der Waals surface area contributed by atoms with Gasteiger partial charge in [-0.1, -0.05) is 6.07 Å². The quantitative estimate of drug-likeness (QED) is 0.926. The molecule has 1 atom stereocenters. The highest BCUT2D eigenvalue weighted by Gasteiger charge is 2.12. The molecule has 106 valence electrons. The SMILES string of the molecule is Cc1cc(C)cc(NC(=O)C[C@H](C)n2ccc(C)n2)c1. The van der Waals surface area contributed by atoms with Crippen LogP contribution >= 0.6 is 0 Å². The highest BCUT2D eigenvalue weighted by atomic mass is 16.1. The summed E-state index contributed by atoms with van der Waals surface area (Å²) in [6, 6.07) is 8.04. The fourth-order valence-electron chi connectivity index (χ4n) is 2.30. The van der Waals surface area contributed by atoms with Crippen molar-refractivity contribution >= 4 is 11.6 Å². The van der Waals surface area contributed by atoms with Gasteiger partial charge in [-0.2, -0.15) is 5.10 Å². The molecule has 2 aromatic rings. The molecule has 0 saturated heterocycles. The molecule has 20 heavy (non-hydrogen) atoms. The molecule has 4 heteroatoms. The zero-order valence-corrected chi connectivity index (χ0v) is 12.5. The predicted octanol–water partition coefficient (Wildman–Crippen LogP) is 3.40. The van der Waals surface area contributed by atoms with E-state index >= 15 is 0 Å². The molecule has 0 aliphatic rings. The van der Waals surface area contributed by atoms with Crippen LogP contribution in [-0.4, -0.2) is 15.7 Å². The lowest BCUT2D eigenvalue weighted by Gasteiger charge is -2.13. The van der Waals surface area contributed by atoms with E-state index in [1.54, 1.807) is 0 Å². The molecule has 0 aliphatic heterocycles. The number of nitrogens with zero attached hydrogens (tertiary/aromatic N) is 2. The molecule has 0 aliphatic carbocycles. The van der Waals surface area contributed by atoms with E-state index in [0.29, 0.717) is 6.42 Å². The summed E-state index contributed by atoms with van der Waals surface area (Å²) in [7, 11) is 0. The van der Waals surface area contributed by atoms with E-state index in [1.165, 1.54) is 0 Å². The molecule has 0 bridgehead atoms. The second-order valence-electron chi connectivity index (χ2n) is 5.41.